The summed E-state index contributed by atoms with van der Waals surface area (Å²) >= 11 is 0. The number of para-hydroxylation sites is 1. The first kappa shape index (κ1) is 11.1. The first-order chi connectivity index (χ1) is 8.29. The maximum atomic E-state index is 11.8. The molecule has 0 saturated carbocycles. The van der Waals surface area contributed by atoms with Crippen molar-refractivity contribution in [2.45, 2.75) is 0 Å². The number of nitrogen functional groups attached to an aromatic ring is 1. The minimum absolute atomic E-state index is 0.202. The number of amides is 1. The quantitative estimate of drug-likeness (QED) is 0.551. The van der Waals surface area contributed by atoms with Crippen LogP contribution in [0.15, 0.2) is 48.7 Å². The maximum Gasteiger partial charge on any atom is 0.257 e. The van der Waals surface area contributed by atoms with Crippen molar-refractivity contribution in [1.29, 1.82) is 0 Å². The SMILES string of the molecule is NNc1ccc(C(=O)Nc2ccccc2)cn1. The van der Waals surface area contributed by atoms with Crippen molar-refractivity contribution in [1.82, 2.24) is 4.98 Å². The second-order valence-corrected chi connectivity index (χ2v) is 3.40. The second-order valence-electron chi connectivity index (χ2n) is 3.40. The molecule has 2 rings (SSSR count). The average Bonchev–Trinajstić information content (AvgIpc) is 2.40. The monoisotopic (exact) mass is 228 g/mol. The largest absolute Gasteiger partial charge is 0.322 e. The van der Waals surface area contributed by atoms with Crippen LogP contribution in [-0.2, 0) is 0 Å². The number of carbonyl (C=O) groups excluding carboxylic acids is 1. The lowest BCUT2D eigenvalue weighted by Crippen LogP contribution is -2.13. The van der Waals surface area contributed by atoms with E-state index in [0.717, 1.165) is 5.69 Å². The number of nitrogens with zero attached hydrogens (tertiary/aromatic N) is 1. The number of hydrogen-bond acceptors (Lipinski definition) is 4. The zero-order valence-corrected chi connectivity index (χ0v) is 9.05. The Labute approximate surface area is 98.6 Å². The van der Waals surface area contributed by atoms with E-state index in [-0.39, 0.29) is 5.91 Å². The number of benzene rings is 1. The molecule has 86 valence electrons. The Morgan fingerprint density at radius 2 is 1.88 bits per heavy atom. The van der Waals surface area contributed by atoms with E-state index in [9.17, 15) is 4.79 Å². The van der Waals surface area contributed by atoms with E-state index in [1.807, 2.05) is 30.3 Å². The Morgan fingerprint density at radius 1 is 1.12 bits per heavy atom. The van der Waals surface area contributed by atoms with Crippen molar-refractivity contribution >= 4 is 17.4 Å². The van der Waals surface area contributed by atoms with Crippen LogP contribution in [0.4, 0.5) is 11.5 Å². The number of carbonyl (C=O) groups is 1. The number of nitrogens with two attached hydrogens (primary N) is 1. The van der Waals surface area contributed by atoms with E-state index in [0.29, 0.717) is 11.4 Å². The van der Waals surface area contributed by atoms with E-state index in [4.69, 9.17) is 5.84 Å². The van der Waals surface area contributed by atoms with Crippen molar-refractivity contribution in [3.8, 4) is 0 Å². The van der Waals surface area contributed by atoms with Gasteiger partial charge in [-0.3, -0.25) is 4.79 Å². The minimum Gasteiger partial charge on any atom is -0.322 e. The molecule has 5 nitrogen and oxygen atoms in total. The lowest BCUT2D eigenvalue weighted by molar-refractivity contribution is 0.102. The van der Waals surface area contributed by atoms with Gasteiger partial charge in [-0.1, -0.05) is 18.2 Å². The summed E-state index contributed by atoms with van der Waals surface area (Å²) in [6.07, 6.45) is 1.47. The molecular formula is C12H12N4O. The fraction of sp³-hybridized carbons (Fsp3) is 0. The molecule has 1 amide bonds. The van der Waals surface area contributed by atoms with Gasteiger partial charge in [0.2, 0.25) is 0 Å². The van der Waals surface area contributed by atoms with Crippen molar-refractivity contribution in [3.63, 3.8) is 0 Å². The molecule has 1 heterocycles. The van der Waals surface area contributed by atoms with Gasteiger partial charge < -0.3 is 10.7 Å². The minimum atomic E-state index is -0.202. The molecular weight excluding hydrogens is 216 g/mol. The molecule has 17 heavy (non-hydrogen) atoms. The highest BCUT2D eigenvalue weighted by Crippen LogP contribution is 2.09. The number of hydrogen-bond donors (Lipinski definition) is 3. The topological polar surface area (TPSA) is 80.0 Å². The number of aromatic nitrogens is 1. The van der Waals surface area contributed by atoms with E-state index >= 15 is 0 Å². The molecule has 0 saturated heterocycles. The van der Waals surface area contributed by atoms with Crippen LogP contribution >= 0.6 is 0 Å². The van der Waals surface area contributed by atoms with Gasteiger partial charge >= 0.3 is 0 Å². The zero-order chi connectivity index (χ0) is 12.1. The average molecular weight is 228 g/mol. The smallest absolute Gasteiger partial charge is 0.257 e. The highest BCUT2D eigenvalue weighted by molar-refractivity contribution is 6.04. The van der Waals surface area contributed by atoms with Gasteiger partial charge in [-0.05, 0) is 24.3 Å². The van der Waals surface area contributed by atoms with E-state index in [1.54, 1.807) is 12.1 Å². The lowest BCUT2D eigenvalue weighted by atomic mass is 10.2. The van der Waals surface area contributed by atoms with Gasteiger partial charge in [0.05, 0.1) is 5.56 Å². The third-order valence-corrected chi connectivity index (χ3v) is 2.21. The van der Waals surface area contributed by atoms with Crippen molar-refractivity contribution in [3.05, 3.63) is 54.2 Å². The lowest BCUT2D eigenvalue weighted by Gasteiger charge is -2.05. The maximum absolute atomic E-state index is 11.8. The van der Waals surface area contributed by atoms with E-state index < -0.39 is 0 Å². The van der Waals surface area contributed by atoms with Crippen LogP contribution in [0.1, 0.15) is 10.4 Å². The van der Waals surface area contributed by atoms with Crippen LogP contribution in [0.3, 0.4) is 0 Å². The molecule has 0 atom stereocenters. The van der Waals surface area contributed by atoms with Gasteiger partial charge in [0.1, 0.15) is 5.82 Å². The van der Waals surface area contributed by atoms with Crippen LogP contribution in [0, 0.1) is 0 Å². The summed E-state index contributed by atoms with van der Waals surface area (Å²) in [7, 11) is 0. The van der Waals surface area contributed by atoms with Gasteiger partial charge in [0, 0.05) is 11.9 Å². The van der Waals surface area contributed by atoms with E-state index in [2.05, 4.69) is 15.7 Å². The fourth-order valence-corrected chi connectivity index (χ4v) is 1.34. The molecule has 0 bridgehead atoms. The van der Waals surface area contributed by atoms with E-state index in [1.165, 1.54) is 6.20 Å². The first-order valence-corrected chi connectivity index (χ1v) is 5.08. The molecule has 0 radical (unpaired) electrons. The molecule has 0 aliphatic heterocycles. The van der Waals surface area contributed by atoms with Gasteiger partial charge in [0.25, 0.3) is 5.91 Å². The molecule has 4 N–H and O–H groups in total. The number of rotatable bonds is 3. The summed E-state index contributed by atoms with van der Waals surface area (Å²) in [5.41, 5.74) is 3.63. The number of anilines is 2. The van der Waals surface area contributed by atoms with Crippen LogP contribution < -0.4 is 16.6 Å². The van der Waals surface area contributed by atoms with Gasteiger partial charge in [0.15, 0.2) is 0 Å². The normalized spacial score (nSPS) is 9.71. The number of hydrazine groups is 1. The molecule has 0 spiro atoms. The van der Waals surface area contributed by atoms with Crippen LogP contribution in [0.5, 0.6) is 0 Å². The number of nitrogens with one attached hydrogen (secondary N) is 2. The predicted octanol–water partition coefficient (Wildman–Crippen LogP) is 1.62. The highest BCUT2D eigenvalue weighted by Gasteiger charge is 2.05. The van der Waals surface area contributed by atoms with Crippen LogP contribution in [0.25, 0.3) is 0 Å². The molecule has 1 aromatic heterocycles. The third-order valence-electron chi connectivity index (χ3n) is 2.21. The van der Waals surface area contributed by atoms with Gasteiger partial charge in [-0.25, -0.2) is 10.8 Å². The predicted molar refractivity (Wildman–Crippen MR) is 66.4 cm³/mol. The molecule has 2 aromatic rings. The van der Waals surface area contributed by atoms with Gasteiger partial charge in [-0.2, -0.15) is 0 Å². The fourth-order valence-electron chi connectivity index (χ4n) is 1.34. The summed E-state index contributed by atoms with van der Waals surface area (Å²) in [5.74, 6) is 5.50. The number of pyridine rings is 1. The Balaban J connectivity index is 2.09. The molecule has 0 aliphatic carbocycles. The molecule has 0 aliphatic rings. The van der Waals surface area contributed by atoms with Crippen molar-refractivity contribution in [2.24, 2.45) is 5.84 Å². The third kappa shape index (κ3) is 2.79. The Bertz CT molecular complexity index is 496. The molecule has 0 unspecified atom stereocenters. The molecule has 0 fully saturated rings. The summed E-state index contributed by atoms with van der Waals surface area (Å²) in [6.45, 7) is 0. The zero-order valence-electron chi connectivity index (χ0n) is 9.05. The Morgan fingerprint density at radius 3 is 2.47 bits per heavy atom. The van der Waals surface area contributed by atoms with Gasteiger partial charge in [-0.15, -0.1) is 0 Å². The first-order valence-electron chi connectivity index (χ1n) is 5.08. The molecule has 5 heteroatoms. The summed E-state index contributed by atoms with van der Waals surface area (Å²) in [5, 5.41) is 2.77. The Hall–Kier alpha value is -2.40. The van der Waals surface area contributed by atoms with Crippen LogP contribution in [-0.4, -0.2) is 10.9 Å². The van der Waals surface area contributed by atoms with Crippen LogP contribution in [0.2, 0.25) is 0 Å². The summed E-state index contributed by atoms with van der Waals surface area (Å²) in [4.78, 5) is 15.8. The highest BCUT2D eigenvalue weighted by atomic mass is 16.1. The Kier molecular flexibility index (Phi) is 3.32. The standard InChI is InChI=1S/C12H12N4O/c13-16-11-7-6-9(8-14-11)12(17)15-10-4-2-1-3-5-10/h1-8H,13H2,(H,14,16)(H,15,17). The van der Waals surface area contributed by atoms with Crippen molar-refractivity contribution < 1.29 is 4.79 Å². The summed E-state index contributed by atoms with van der Waals surface area (Å²) in [6, 6.07) is 12.5. The summed E-state index contributed by atoms with van der Waals surface area (Å²) < 4.78 is 0. The molecule has 1 aromatic carbocycles. The second kappa shape index (κ2) is 5.09. The van der Waals surface area contributed by atoms with Crippen molar-refractivity contribution in [2.75, 3.05) is 10.7 Å².